The molecule has 0 saturated carbocycles. The zero-order chi connectivity index (χ0) is 29.1. The third-order valence-electron chi connectivity index (χ3n) is 7.59. The van der Waals surface area contributed by atoms with E-state index < -0.39 is 17.6 Å². The Labute approximate surface area is 241 Å². The molecule has 0 unspecified atom stereocenters. The number of carbonyl (C=O) groups is 1. The van der Waals surface area contributed by atoms with E-state index in [-0.39, 0.29) is 6.61 Å². The van der Waals surface area contributed by atoms with E-state index >= 15 is 0 Å². The van der Waals surface area contributed by atoms with Crippen LogP contribution < -0.4 is 15.1 Å². The molecule has 42 heavy (non-hydrogen) atoms. The first-order valence-corrected chi connectivity index (χ1v) is 13.8. The second kappa shape index (κ2) is 11.8. The normalized spacial score (nSPS) is 15.4. The van der Waals surface area contributed by atoms with Crippen molar-refractivity contribution in [3.63, 3.8) is 0 Å². The lowest BCUT2D eigenvalue weighted by atomic mass is 10.0. The standard InChI is InChI=1S/C34H28N2O6/c35-19-22-6-5-7-23(16-22)21-40-26-13-11-25(20-36-15-4-3-10-29(36)34(38)39)30(17-26)41-31-18-32(37)42-33-27-9-2-1-8-24(27)12-14-28(31)33/h1-2,5-9,11-14,16-18,29H,3-4,10,15,20-21H2,(H,38,39)/t29-/m0/s1. The molecular formula is C34H28N2O6. The molecule has 0 radical (unpaired) electrons. The van der Waals surface area contributed by atoms with Crippen molar-refractivity contribution in [2.45, 2.75) is 38.5 Å². The van der Waals surface area contributed by atoms with Gasteiger partial charge in [0.2, 0.25) is 0 Å². The highest BCUT2D eigenvalue weighted by molar-refractivity contribution is 6.05. The van der Waals surface area contributed by atoms with Gasteiger partial charge >= 0.3 is 11.6 Å². The smallest absolute Gasteiger partial charge is 0.339 e. The zero-order valence-corrected chi connectivity index (χ0v) is 22.8. The van der Waals surface area contributed by atoms with Crippen molar-refractivity contribution in [3.8, 4) is 23.3 Å². The first-order chi connectivity index (χ1) is 20.5. The fourth-order valence-corrected chi connectivity index (χ4v) is 5.49. The number of carboxylic acids is 1. The molecule has 210 valence electrons. The number of hydrogen-bond donors (Lipinski definition) is 1. The second-order valence-corrected chi connectivity index (χ2v) is 10.4. The van der Waals surface area contributed by atoms with Gasteiger partial charge in [-0.05, 0) is 54.6 Å². The largest absolute Gasteiger partial charge is 0.489 e. The molecule has 1 N–H and O–H groups in total. The summed E-state index contributed by atoms with van der Waals surface area (Å²) in [7, 11) is 0. The minimum atomic E-state index is -0.838. The first-order valence-electron chi connectivity index (χ1n) is 13.8. The monoisotopic (exact) mass is 560 g/mol. The van der Waals surface area contributed by atoms with Crippen LogP contribution in [0.1, 0.15) is 36.0 Å². The number of nitrogens with zero attached hydrogens (tertiary/aromatic N) is 2. The van der Waals surface area contributed by atoms with Gasteiger partial charge in [0.25, 0.3) is 0 Å². The van der Waals surface area contributed by atoms with Gasteiger partial charge in [-0.2, -0.15) is 5.26 Å². The molecule has 0 bridgehead atoms. The molecule has 2 heterocycles. The van der Waals surface area contributed by atoms with Gasteiger partial charge in [-0.1, -0.05) is 55.0 Å². The maximum Gasteiger partial charge on any atom is 0.339 e. The molecule has 8 nitrogen and oxygen atoms in total. The number of rotatable bonds is 8. The number of hydrogen-bond acceptors (Lipinski definition) is 7. The van der Waals surface area contributed by atoms with E-state index in [0.29, 0.717) is 53.3 Å². The highest BCUT2D eigenvalue weighted by Crippen LogP contribution is 2.36. The molecule has 0 amide bonds. The SMILES string of the molecule is N#Cc1cccc(COc2ccc(CN3CCCC[C@H]3C(=O)O)c(Oc3cc(=O)oc4c3ccc3ccccc34)c2)c1. The molecule has 1 aliphatic rings. The van der Waals surface area contributed by atoms with Crippen LogP contribution in [0.5, 0.6) is 17.2 Å². The van der Waals surface area contributed by atoms with Gasteiger partial charge in [-0.3, -0.25) is 9.69 Å². The molecular weight excluding hydrogens is 532 g/mol. The van der Waals surface area contributed by atoms with Crippen LogP contribution in [0, 0.1) is 11.3 Å². The van der Waals surface area contributed by atoms with Crippen LogP contribution >= 0.6 is 0 Å². The Bertz CT molecular complexity index is 1890. The number of carboxylic acid groups (broad SMARTS) is 1. The van der Waals surface area contributed by atoms with Crippen LogP contribution in [0.2, 0.25) is 0 Å². The van der Waals surface area contributed by atoms with Crippen LogP contribution in [0.4, 0.5) is 0 Å². The summed E-state index contributed by atoms with van der Waals surface area (Å²) in [5, 5.41) is 21.4. The lowest BCUT2D eigenvalue weighted by Crippen LogP contribution is -2.44. The van der Waals surface area contributed by atoms with E-state index in [9.17, 15) is 20.0 Å². The molecule has 8 heteroatoms. The molecule has 1 saturated heterocycles. The van der Waals surface area contributed by atoms with Crippen molar-refractivity contribution in [2.75, 3.05) is 6.54 Å². The van der Waals surface area contributed by atoms with Crippen LogP contribution in [0.15, 0.2) is 94.1 Å². The van der Waals surface area contributed by atoms with E-state index in [4.69, 9.17) is 13.9 Å². The summed E-state index contributed by atoms with van der Waals surface area (Å²) in [6, 6.07) is 27.0. The van der Waals surface area contributed by atoms with E-state index in [1.165, 1.54) is 6.07 Å². The fourth-order valence-electron chi connectivity index (χ4n) is 5.49. The van der Waals surface area contributed by atoms with E-state index in [1.54, 1.807) is 18.2 Å². The Kier molecular flexibility index (Phi) is 7.58. The van der Waals surface area contributed by atoms with Crippen LogP contribution in [0.3, 0.4) is 0 Å². The summed E-state index contributed by atoms with van der Waals surface area (Å²) in [6.45, 7) is 1.26. The van der Waals surface area contributed by atoms with Gasteiger partial charge in [-0.15, -0.1) is 0 Å². The van der Waals surface area contributed by atoms with Gasteiger partial charge in [0.05, 0.1) is 23.1 Å². The molecule has 6 rings (SSSR count). The Morgan fingerprint density at radius 2 is 1.86 bits per heavy atom. The number of aliphatic carboxylic acids is 1. The predicted octanol–water partition coefficient (Wildman–Crippen LogP) is 6.63. The number of fused-ring (bicyclic) bond motifs is 3. The van der Waals surface area contributed by atoms with Crippen molar-refractivity contribution >= 4 is 27.7 Å². The number of ether oxygens (including phenoxy) is 2. The lowest BCUT2D eigenvalue weighted by molar-refractivity contribution is -0.144. The zero-order valence-electron chi connectivity index (χ0n) is 22.8. The minimum Gasteiger partial charge on any atom is -0.489 e. The molecule has 0 aliphatic carbocycles. The summed E-state index contributed by atoms with van der Waals surface area (Å²) >= 11 is 0. The fraction of sp³-hybridized carbons (Fsp3) is 0.206. The van der Waals surface area contributed by atoms with Crippen molar-refractivity contribution in [2.24, 2.45) is 0 Å². The van der Waals surface area contributed by atoms with Gasteiger partial charge in [0, 0.05) is 23.6 Å². The van der Waals surface area contributed by atoms with Gasteiger partial charge in [0.15, 0.2) is 0 Å². The minimum absolute atomic E-state index is 0.241. The Morgan fingerprint density at radius 1 is 0.976 bits per heavy atom. The maximum atomic E-state index is 12.7. The first kappa shape index (κ1) is 27.1. The highest BCUT2D eigenvalue weighted by atomic mass is 16.5. The lowest BCUT2D eigenvalue weighted by Gasteiger charge is -2.33. The number of nitriles is 1. The highest BCUT2D eigenvalue weighted by Gasteiger charge is 2.29. The summed E-state index contributed by atoms with van der Waals surface area (Å²) in [5.74, 6) is 0.478. The Balaban J connectivity index is 1.38. The molecule has 1 aliphatic heterocycles. The molecule has 1 aromatic heterocycles. The Hall–Kier alpha value is -5.13. The van der Waals surface area contributed by atoms with Gasteiger partial charge in [0.1, 0.15) is 35.5 Å². The average Bonchev–Trinajstić information content (AvgIpc) is 3.01. The predicted molar refractivity (Wildman–Crippen MR) is 158 cm³/mol. The van der Waals surface area contributed by atoms with Gasteiger partial charge < -0.3 is 19.0 Å². The van der Waals surface area contributed by atoms with E-state index in [1.807, 2.05) is 65.6 Å². The molecule has 5 aromatic rings. The quantitative estimate of drug-likeness (QED) is 0.166. The summed E-state index contributed by atoms with van der Waals surface area (Å²) < 4.78 is 18.1. The van der Waals surface area contributed by atoms with E-state index in [2.05, 4.69) is 6.07 Å². The third kappa shape index (κ3) is 5.69. The maximum absolute atomic E-state index is 12.7. The summed E-state index contributed by atoms with van der Waals surface area (Å²) in [6.07, 6.45) is 2.38. The summed E-state index contributed by atoms with van der Waals surface area (Å²) in [4.78, 5) is 26.6. The molecule has 1 fully saturated rings. The third-order valence-corrected chi connectivity index (χ3v) is 7.59. The van der Waals surface area contributed by atoms with Gasteiger partial charge in [-0.25, -0.2) is 4.79 Å². The number of likely N-dealkylation sites (tertiary alicyclic amines) is 1. The molecule has 0 spiro atoms. The average molecular weight is 561 g/mol. The summed E-state index contributed by atoms with van der Waals surface area (Å²) in [5.41, 5.74) is 2.05. The van der Waals surface area contributed by atoms with Crippen molar-refractivity contribution in [1.82, 2.24) is 4.90 Å². The number of benzene rings is 4. The topological polar surface area (TPSA) is 113 Å². The van der Waals surface area contributed by atoms with Crippen LogP contribution in [0.25, 0.3) is 21.7 Å². The van der Waals surface area contributed by atoms with E-state index in [0.717, 1.165) is 34.7 Å². The Morgan fingerprint density at radius 3 is 2.71 bits per heavy atom. The molecule has 4 aromatic carbocycles. The van der Waals surface area contributed by atoms with Crippen molar-refractivity contribution in [3.05, 3.63) is 112 Å². The van der Waals surface area contributed by atoms with Crippen molar-refractivity contribution in [1.29, 1.82) is 5.26 Å². The second-order valence-electron chi connectivity index (χ2n) is 10.4. The molecule has 1 atom stereocenters. The van der Waals surface area contributed by atoms with Crippen molar-refractivity contribution < 1.29 is 23.8 Å². The number of piperidine rings is 1. The van der Waals surface area contributed by atoms with Crippen LogP contribution in [-0.2, 0) is 17.9 Å². The van der Waals surface area contributed by atoms with Crippen LogP contribution in [-0.4, -0.2) is 28.6 Å².